The van der Waals surface area contributed by atoms with Crippen molar-refractivity contribution in [3.63, 3.8) is 0 Å². The van der Waals surface area contributed by atoms with Crippen molar-refractivity contribution in [3.05, 3.63) is 35.4 Å². The molecule has 0 saturated carbocycles. The molecule has 0 fully saturated rings. The summed E-state index contributed by atoms with van der Waals surface area (Å²) in [7, 11) is 1.66. The fourth-order valence-corrected chi connectivity index (χ4v) is 3.01. The Labute approximate surface area is 154 Å². The van der Waals surface area contributed by atoms with E-state index in [-0.39, 0.29) is 12.1 Å². The molecule has 0 saturated heterocycles. The van der Waals surface area contributed by atoms with Gasteiger partial charge in [0.1, 0.15) is 6.10 Å². The summed E-state index contributed by atoms with van der Waals surface area (Å²) in [6, 6.07) is 7.76. The van der Waals surface area contributed by atoms with Crippen molar-refractivity contribution in [1.29, 1.82) is 0 Å². The fourth-order valence-electron chi connectivity index (χ4n) is 3.01. The Kier molecular flexibility index (Phi) is 12.0. The molecular formula is C22H36O3. The SMILES string of the molecule is CCCCCCCCCC(COC)OC(=O)c1ccc(CCC)cc1. The molecule has 1 aromatic carbocycles. The van der Waals surface area contributed by atoms with E-state index in [2.05, 4.69) is 13.8 Å². The zero-order valence-electron chi connectivity index (χ0n) is 16.4. The highest BCUT2D eigenvalue weighted by Gasteiger charge is 2.15. The molecule has 0 heterocycles. The van der Waals surface area contributed by atoms with Crippen LogP contribution in [0.5, 0.6) is 0 Å². The smallest absolute Gasteiger partial charge is 0.338 e. The molecule has 0 aliphatic carbocycles. The van der Waals surface area contributed by atoms with Gasteiger partial charge in [0.05, 0.1) is 12.2 Å². The lowest BCUT2D eigenvalue weighted by Crippen LogP contribution is -2.23. The number of unbranched alkanes of at least 4 members (excludes halogenated alkanes) is 6. The van der Waals surface area contributed by atoms with Gasteiger partial charge in [-0.3, -0.25) is 0 Å². The molecule has 3 nitrogen and oxygen atoms in total. The highest BCUT2D eigenvalue weighted by Crippen LogP contribution is 2.14. The second-order valence-electron chi connectivity index (χ2n) is 6.84. The number of ether oxygens (including phenoxy) is 2. The molecule has 0 aliphatic rings. The number of rotatable bonds is 14. The molecular weight excluding hydrogens is 312 g/mol. The molecule has 0 spiro atoms. The minimum atomic E-state index is -0.243. The number of hydrogen-bond acceptors (Lipinski definition) is 3. The summed E-state index contributed by atoms with van der Waals surface area (Å²) in [6.07, 6.45) is 11.7. The summed E-state index contributed by atoms with van der Waals surface area (Å²) in [6.45, 7) is 4.86. The number of benzene rings is 1. The van der Waals surface area contributed by atoms with Gasteiger partial charge in [-0.25, -0.2) is 4.79 Å². The van der Waals surface area contributed by atoms with Crippen LogP contribution in [0.2, 0.25) is 0 Å². The van der Waals surface area contributed by atoms with Crippen LogP contribution in [0.15, 0.2) is 24.3 Å². The number of methoxy groups -OCH3 is 1. The minimum Gasteiger partial charge on any atom is -0.456 e. The molecule has 0 aromatic heterocycles. The topological polar surface area (TPSA) is 35.5 Å². The van der Waals surface area contributed by atoms with Crippen molar-refractivity contribution in [3.8, 4) is 0 Å². The predicted molar refractivity (Wildman–Crippen MR) is 104 cm³/mol. The fraction of sp³-hybridized carbons (Fsp3) is 0.682. The van der Waals surface area contributed by atoms with Crippen LogP contribution in [0, 0.1) is 0 Å². The van der Waals surface area contributed by atoms with Gasteiger partial charge in [-0.05, 0) is 37.0 Å². The first-order valence-electron chi connectivity index (χ1n) is 10.00. The summed E-state index contributed by atoms with van der Waals surface area (Å²) >= 11 is 0. The van der Waals surface area contributed by atoms with Crippen LogP contribution in [-0.2, 0) is 15.9 Å². The lowest BCUT2D eigenvalue weighted by atomic mass is 10.1. The van der Waals surface area contributed by atoms with Gasteiger partial charge in [0.15, 0.2) is 0 Å². The molecule has 0 bridgehead atoms. The quantitative estimate of drug-likeness (QED) is 0.308. The normalized spacial score (nSPS) is 12.1. The maximum Gasteiger partial charge on any atom is 0.338 e. The summed E-state index contributed by atoms with van der Waals surface area (Å²) in [5.41, 5.74) is 1.89. The van der Waals surface area contributed by atoms with Crippen molar-refractivity contribution in [2.75, 3.05) is 13.7 Å². The number of aryl methyl sites for hydroxylation is 1. The Balaban J connectivity index is 2.36. The lowest BCUT2D eigenvalue weighted by Gasteiger charge is -2.17. The maximum absolute atomic E-state index is 12.3. The molecule has 3 heteroatoms. The third-order valence-corrected chi connectivity index (χ3v) is 4.48. The van der Waals surface area contributed by atoms with Gasteiger partial charge in [-0.15, -0.1) is 0 Å². The number of hydrogen-bond donors (Lipinski definition) is 0. The first kappa shape index (κ1) is 21.7. The molecule has 1 unspecified atom stereocenters. The van der Waals surface area contributed by atoms with E-state index in [1.54, 1.807) is 7.11 Å². The van der Waals surface area contributed by atoms with Gasteiger partial charge in [0.2, 0.25) is 0 Å². The highest BCUT2D eigenvalue weighted by atomic mass is 16.6. The van der Waals surface area contributed by atoms with E-state index in [4.69, 9.17) is 9.47 Å². The van der Waals surface area contributed by atoms with Crippen LogP contribution in [0.25, 0.3) is 0 Å². The van der Waals surface area contributed by atoms with E-state index in [0.717, 1.165) is 25.7 Å². The molecule has 1 atom stereocenters. The van der Waals surface area contributed by atoms with Gasteiger partial charge in [-0.2, -0.15) is 0 Å². The van der Waals surface area contributed by atoms with Gasteiger partial charge in [0.25, 0.3) is 0 Å². The van der Waals surface area contributed by atoms with Crippen LogP contribution >= 0.6 is 0 Å². The van der Waals surface area contributed by atoms with Crippen molar-refractivity contribution in [1.82, 2.24) is 0 Å². The summed E-state index contributed by atoms with van der Waals surface area (Å²) in [5.74, 6) is -0.243. The van der Waals surface area contributed by atoms with E-state index in [1.807, 2.05) is 24.3 Å². The third-order valence-electron chi connectivity index (χ3n) is 4.48. The van der Waals surface area contributed by atoms with Crippen LogP contribution in [0.3, 0.4) is 0 Å². The summed E-state index contributed by atoms with van der Waals surface area (Å²) < 4.78 is 10.9. The standard InChI is InChI=1S/C22H36O3/c1-4-6-7-8-9-10-11-13-21(18-24-3)25-22(23)20-16-14-19(12-5-2)15-17-20/h14-17,21H,4-13,18H2,1-3H3. The minimum absolute atomic E-state index is 0.150. The van der Waals surface area contributed by atoms with Crippen LogP contribution in [-0.4, -0.2) is 25.8 Å². The van der Waals surface area contributed by atoms with Gasteiger partial charge in [-0.1, -0.05) is 70.9 Å². The second kappa shape index (κ2) is 13.9. The first-order valence-corrected chi connectivity index (χ1v) is 10.00. The van der Waals surface area contributed by atoms with E-state index < -0.39 is 0 Å². The summed E-state index contributed by atoms with van der Waals surface area (Å²) in [4.78, 5) is 12.3. The Morgan fingerprint density at radius 2 is 1.56 bits per heavy atom. The second-order valence-corrected chi connectivity index (χ2v) is 6.84. The first-order chi connectivity index (χ1) is 12.2. The molecule has 142 valence electrons. The Bertz CT molecular complexity index is 453. The Hall–Kier alpha value is -1.35. The summed E-state index contributed by atoms with van der Waals surface area (Å²) in [5, 5.41) is 0. The van der Waals surface area contributed by atoms with Crippen LogP contribution < -0.4 is 0 Å². The number of carbonyl (C=O) groups is 1. The van der Waals surface area contributed by atoms with E-state index in [9.17, 15) is 4.79 Å². The van der Waals surface area contributed by atoms with Gasteiger partial charge >= 0.3 is 5.97 Å². The lowest BCUT2D eigenvalue weighted by molar-refractivity contribution is 0.00237. The molecule has 0 aliphatic heterocycles. The van der Waals surface area contributed by atoms with Crippen LogP contribution in [0.4, 0.5) is 0 Å². The molecule has 25 heavy (non-hydrogen) atoms. The largest absolute Gasteiger partial charge is 0.456 e. The molecule has 1 aromatic rings. The zero-order chi connectivity index (χ0) is 18.3. The van der Waals surface area contributed by atoms with E-state index in [0.29, 0.717) is 12.2 Å². The molecule has 0 radical (unpaired) electrons. The van der Waals surface area contributed by atoms with E-state index in [1.165, 1.54) is 44.1 Å². The monoisotopic (exact) mass is 348 g/mol. The van der Waals surface area contributed by atoms with Crippen molar-refractivity contribution < 1.29 is 14.3 Å². The molecule has 0 N–H and O–H groups in total. The van der Waals surface area contributed by atoms with Crippen LogP contribution in [0.1, 0.15) is 87.6 Å². The number of carbonyl (C=O) groups excluding carboxylic acids is 1. The highest BCUT2D eigenvalue weighted by molar-refractivity contribution is 5.89. The van der Waals surface area contributed by atoms with Crippen molar-refractivity contribution in [2.45, 2.75) is 84.2 Å². The average molecular weight is 349 g/mol. The van der Waals surface area contributed by atoms with Crippen molar-refractivity contribution >= 4 is 5.97 Å². The zero-order valence-corrected chi connectivity index (χ0v) is 16.4. The maximum atomic E-state index is 12.3. The van der Waals surface area contributed by atoms with E-state index >= 15 is 0 Å². The van der Waals surface area contributed by atoms with Gasteiger partial charge < -0.3 is 9.47 Å². The molecule has 1 rings (SSSR count). The Morgan fingerprint density at radius 3 is 2.16 bits per heavy atom. The Morgan fingerprint density at radius 1 is 0.920 bits per heavy atom. The third kappa shape index (κ3) is 9.64. The van der Waals surface area contributed by atoms with Crippen molar-refractivity contribution in [2.24, 2.45) is 0 Å². The average Bonchev–Trinajstić information content (AvgIpc) is 2.62. The predicted octanol–water partition coefficient (Wildman–Crippen LogP) is 5.95. The molecule has 0 amide bonds. The number of esters is 1. The van der Waals surface area contributed by atoms with Gasteiger partial charge in [0, 0.05) is 7.11 Å².